The number of carboxylic acid groups (broad SMARTS) is 1. The van der Waals surface area contributed by atoms with Gasteiger partial charge in [0, 0.05) is 24.7 Å². The van der Waals surface area contributed by atoms with Gasteiger partial charge in [0.25, 0.3) is 0 Å². The highest BCUT2D eigenvalue weighted by atomic mass is 16.5. The van der Waals surface area contributed by atoms with E-state index >= 15 is 0 Å². The summed E-state index contributed by atoms with van der Waals surface area (Å²) >= 11 is 0. The van der Waals surface area contributed by atoms with E-state index in [4.69, 9.17) is 14.6 Å². The van der Waals surface area contributed by atoms with Crippen LogP contribution in [0.4, 0.5) is 0 Å². The zero-order valence-corrected chi connectivity index (χ0v) is 13.0. The Labute approximate surface area is 130 Å². The minimum atomic E-state index is -0.776. The smallest absolute Gasteiger partial charge is 0.305 e. The number of hydrogen-bond donors (Lipinski definition) is 1. The van der Waals surface area contributed by atoms with Gasteiger partial charge in [-0.2, -0.15) is 0 Å². The van der Waals surface area contributed by atoms with E-state index in [0.717, 1.165) is 37.2 Å². The topological polar surface area (TPSA) is 59.0 Å². The molecule has 0 bridgehead atoms. The molecule has 1 aliphatic heterocycles. The van der Waals surface area contributed by atoms with Crippen molar-refractivity contribution in [3.8, 4) is 5.75 Å². The normalized spacial score (nSPS) is 21.6. The Hall–Kier alpha value is -1.59. The highest BCUT2D eigenvalue weighted by Gasteiger charge is 2.26. The van der Waals surface area contributed by atoms with Crippen LogP contribution in [0, 0.1) is 0 Å². The number of aliphatic carboxylic acids is 1. The Morgan fingerprint density at radius 3 is 2.91 bits per heavy atom. The molecule has 0 aromatic heterocycles. The molecule has 1 atom stereocenters. The molecule has 1 aromatic carbocycles. The van der Waals surface area contributed by atoms with Gasteiger partial charge in [0.2, 0.25) is 0 Å². The van der Waals surface area contributed by atoms with Crippen molar-refractivity contribution in [2.75, 3.05) is 26.9 Å². The molecule has 120 valence electrons. The van der Waals surface area contributed by atoms with Crippen LogP contribution in [-0.2, 0) is 28.9 Å². The molecule has 0 amide bonds. The van der Waals surface area contributed by atoms with Crippen LogP contribution in [0.2, 0.25) is 0 Å². The molecule has 0 radical (unpaired) electrons. The average Bonchev–Trinajstić information content (AvgIpc) is 2.95. The van der Waals surface area contributed by atoms with Crippen molar-refractivity contribution >= 4 is 5.97 Å². The number of benzene rings is 1. The number of ether oxygens (including phenoxy) is 2. The van der Waals surface area contributed by atoms with Crippen molar-refractivity contribution in [2.45, 2.75) is 38.3 Å². The SMILES string of the molecule is COc1cc2c(cc1CN1CCOC[C@H]1CC(=O)O)CCC2. The second kappa shape index (κ2) is 6.67. The lowest BCUT2D eigenvalue weighted by Crippen LogP contribution is -2.45. The summed E-state index contributed by atoms with van der Waals surface area (Å²) in [7, 11) is 1.70. The fourth-order valence-electron chi connectivity index (χ4n) is 3.47. The fraction of sp³-hybridized carbons (Fsp3) is 0.588. The molecule has 5 nitrogen and oxygen atoms in total. The predicted molar refractivity (Wildman–Crippen MR) is 82.3 cm³/mol. The van der Waals surface area contributed by atoms with E-state index in [2.05, 4.69) is 17.0 Å². The van der Waals surface area contributed by atoms with Gasteiger partial charge in [-0.25, -0.2) is 0 Å². The number of aryl methyl sites for hydroxylation is 2. The van der Waals surface area contributed by atoms with E-state index in [1.807, 2.05) is 0 Å². The number of hydrogen-bond acceptors (Lipinski definition) is 4. The van der Waals surface area contributed by atoms with Crippen molar-refractivity contribution in [3.05, 3.63) is 28.8 Å². The first-order valence-corrected chi connectivity index (χ1v) is 7.89. The second-order valence-electron chi connectivity index (χ2n) is 6.08. The Morgan fingerprint density at radius 1 is 1.41 bits per heavy atom. The lowest BCUT2D eigenvalue weighted by Gasteiger charge is -2.35. The van der Waals surface area contributed by atoms with Crippen molar-refractivity contribution in [1.29, 1.82) is 0 Å². The van der Waals surface area contributed by atoms with E-state index in [9.17, 15) is 4.79 Å². The van der Waals surface area contributed by atoms with Crippen LogP contribution in [0.25, 0.3) is 0 Å². The van der Waals surface area contributed by atoms with E-state index in [-0.39, 0.29) is 12.5 Å². The van der Waals surface area contributed by atoms with Crippen LogP contribution in [-0.4, -0.2) is 48.9 Å². The molecule has 1 N–H and O–H groups in total. The summed E-state index contributed by atoms with van der Waals surface area (Å²) in [5, 5.41) is 9.07. The lowest BCUT2D eigenvalue weighted by molar-refractivity contribution is -0.140. The lowest BCUT2D eigenvalue weighted by atomic mass is 10.0. The summed E-state index contributed by atoms with van der Waals surface area (Å²) < 4.78 is 11.0. The number of methoxy groups -OCH3 is 1. The maximum absolute atomic E-state index is 11.0. The van der Waals surface area contributed by atoms with E-state index in [1.165, 1.54) is 17.5 Å². The van der Waals surface area contributed by atoms with Gasteiger partial charge in [-0.1, -0.05) is 6.07 Å². The van der Waals surface area contributed by atoms with Gasteiger partial charge in [-0.15, -0.1) is 0 Å². The summed E-state index contributed by atoms with van der Waals surface area (Å²) in [6.07, 6.45) is 3.59. The first kappa shape index (κ1) is 15.3. The highest BCUT2D eigenvalue weighted by molar-refractivity contribution is 5.67. The number of carboxylic acids is 1. The number of morpholine rings is 1. The van der Waals surface area contributed by atoms with Gasteiger partial charge in [0.1, 0.15) is 5.75 Å². The third-order valence-corrected chi connectivity index (χ3v) is 4.63. The molecule has 1 saturated heterocycles. The van der Waals surface area contributed by atoms with Crippen LogP contribution in [0.1, 0.15) is 29.5 Å². The number of fused-ring (bicyclic) bond motifs is 1. The minimum absolute atomic E-state index is 0.0655. The van der Waals surface area contributed by atoms with Crippen molar-refractivity contribution in [3.63, 3.8) is 0 Å². The van der Waals surface area contributed by atoms with E-state index < -0.39 is 5.97 Å². The maximum Gasteiger partial charge on any atom is 0.305 e. The summed E-state index contributed by atoms with van der Waals surface area (Å²) in [5.41, 5.74) is 3.96. The average molecular weight is 305 g/mol. The summed E-state index contributed by atoms with van der Waals surface area (Å²) in [5.74, 6) is 0.141. The second-order valence-corrected chi connectivity index (χ2v) is 6.08. The Bertz CT molecular complexity index is 558. The van der Waals surface area contributed by atoms with Gasteiger partial charge in [0.05, 0.1) is 26.7 Å². The molecule has 22 heavy (non-hydrogen) atoms. The molecule has 0 saturated carbocycles. The van der Waals surface area contributed by atoms with Crippen molar-refractivity contribution < 1.29 is 19.4 Å². The standard InChI is InChI=1S/C17H23NO4/c1-21-16-8-13-4-2-3-12(13)7-14(16)10-18-5-6-22-11-15(18)9-17(19)20/h7-8,15H,2-6,9-11H2,1H3,(H,19,20)/t15-/m1/s1. The van der Waals surface area contributed by atoms with Gasteiger partial charge in [0.15, 0.2) is 0 Å². The number of nitrogens with zero attached hydrogens (tertiary/aromatic N) is 1. The Morgan fingerprint density at radius 2 is 2.18 bits per heavy atom. The summed E-state index contributed by atoms with van der Waals surface area (Å²) in [4.78, 5) is 13.2. The van der Waals surface area contributed by atoms with Crippen LogP contribution >= 0.6 is 0 Å². The van der Waals surface area contributed by atoms with E-state index in [0.29, 0.717) is 13.2 Å². The Kier molecular flexibility index (Phi) is 4.64. The molecule has 5 heteroatoms. The largest absolute Gasteiger partial charge is 0.496 e. The van der Waals surface area contributed by atoms with Crippen molar-refractivity contribution in [2.24, 2.45) is 0 Å². The molecular formula is C17H23NO4. The van der Waals surface area contributed by atoms with Crippen molar-refractivity contribution in [1.82, 2.24) is 4.90 Å². The monoisotopic (exact) mass is 305 g/mol. The zero-order chi connectivity index (χ0) is 15.5. The van der Waals surface area contributed by atoms with Gasteiger partial charge >= 0.3 is 5.97 Å². The van der Waals surface area contributed by atoms with Crippen LogP contribution in [0.3, 0.4) is 0 Å². The summed E-state index contributed by atoms with van der Waals surface area (Å²) in [6, 6.07) is 4.34. The molecule has 2 aliphatic rings. The molecule has 0 unspecified atom stereocenters. The van der Waals surface area contributed by atoms with Crippen LogP contribution in [0.15, 0.2) is 12.1 Å². The van der Waals surface area contributed by atoms with Gasteiger partial charge in [-0.05, 0) is 36.5 Å². The molecule has 1 aliphatic carbocycles. The zero-order valence-electron chi connectivity index (χ0n) is 13.0. The predicted octanol–water partition coefficient (Wildman–Crippen LogP) is 1.86. The fourth-order valence-corrected chi connectivity index (χ4v) is 3.47. The molecular weight excluding hydrogens is 282 g/mol. The van der Waals surface area contributed by atoms with E-state index in [1.54, 1.807) is 7.11 Å². The third-order valence-electron chi connectivity index (χ3n) is 4.63. The minimum Gasteiger partial charge on any atom is -0.496 e. The molecule has 1 fully saturated rings. The first-order valence-electron chi connectivity index (χ1n) is 7.89. The van der Waals surface area contributed by atoms with Gasteiger partial charge in [-0.3, -0.25) is 9.69 Å². The molecule has 1 heterocycles. The highest BCUT2D eigenvalue weighted by Crippen LogP contribution is 2.31. The molecule has 0 spiro atoms. The number of carbonyl (C=O) groups is 1. The number of rotatable bonds is 5. The third kappa shape index (κ3) is 3.25. The molecule has 3 rings (SSSR count). The van der Waals surface area contributed by atoms with Crippen LogP contribution in [0.5, 0.6) is 5.75 Å². The first-order chi connectivity index (χ1) is 10.7. The van der Waals surface area contributed by atoms with Gasteiger partial charge < -0.3 is 14.6 Å². The maximum atomic E-state index is 11.0. The molecule has 1 aromatic rings. The quantitative estimate of drug-likeness (QED) is 0.900. The summed E-state index contributed by atoms with van der Waals surface area (Å²) in [6.45, 7) is 2.62. The Balaban J connectivity index is 1.80. The van der Waals surface area contributed by atoms with Crippen LogP contribution < -0.4 is 4.74 Å².